The van der Waals surface area contributed by atoms with Crippen LogP contribution in [0.1, 0.15) is 6.92 Å². The maximum absolute atomic E-state index is 9.72. The molecule has 1 saturated heterocycles. The van der Waals surface area contributed by atoms with Crippen LogP contribution in [0.3, 0.4) is 0 Å². The highest BCUT2D eigenvalue weighted by Crippen LogP contribution is 2.22. The minimum atomic E-state index is -1.50. The molecule has 8 heteroatoms. The van der Waals surface area contributed by atoms with Gasteiger partial charge in [-0.3, -0.25) is 0 Å². The molecule has 1 heterocycles. The van der Waals surface area contributed by atoms with E-state index in [0.717, 1.165) is 0 Å². The number of hydrogen-bond acceptors (Lipinski definition) is 8. The lowest BCUT2D eigenvalue weighted by Gasteiger charge is -2.39. The van der Waals surface area contributed by atoms with Crippen LogP contribution in [0.15, 0.2) is 12.2 Å². The van der Waals surface area contributed by atoms with E-state index in [4.69, 9.17) is 20.3 Å². The van der Waals surface area contributed by atoms with E-state index in [-0.39, 0.29) is 6.61 Å². The first-order chi connectivity index (χ1) is 9.42. The molecule has 7 atom stereocenters. The zero-order valence-electron chi connectivity index (χ0n) is 11.2. The third kappa shape index (κ3) is 4.21. The maximum atomic E-state index is 9.72. The zero-order valence-corrected chi connectivity index (χ0v) is 11.2. The quantitative estimate of drug-likeness (QED) is 0.285. The summed E-state index contributed by atoms with van der Waals surface area (Å²) in [4.78, 5) is 0. The molecule has 1 aliphatic rings. The highest BCUT2D eigenvalue weighted by atomic mass is 16.7. The number of rotatable bonds is 6. The number of aliphatic hydroxyl groups excluding tert-OH is 5. The lowest BCUT2D eigenvalue weighted by atomic mass is 9.99. The first-order valence-electron chi connectivity index (χ1n) is 6.41. The number of allylic oxidation sites excluding steroid dienone is 1. The lowest BCUT2D eigenvalue weighted by molar-refractivity contribution is -0.302. The maximum Gasteiger partial charge on any atom is 0.186 e. The van der Waals surface area contributed by atoms with Crippen LogP contribution in [-0.2, 0) is 9.47 Å². The van der Waals surface area contributed by atoms with Crippen molar-refractivity contribution in [2.75, 3.05) is 13.2 Å². The monoisotopic (exact) mass is 293 g/mol. The molecule has 0 radical (unpaired) electrons. The predicted octanol–water partition coefficient (Wildman–Crippen LogP) is -2.93. The van der Waals surface area contributed by atoms with E-state index in [9.17, 15) is 20.4 Å². The van der Waals surface area contributed by atoms with Gasteiger partial charge in [0.05, 0.1) is 25.4 Å². The average Bonchev–Trinajstić information content (AvgIpc) is 2.44. The second-order valence-electron chi connectivity index (χ2n) is 4.71. The number of ether oxygens (including phenoxy) is 2. The van der Waals surface area contributed by atoms with Gasteiger partial charge in [0, 0.05) is 0 Å². The molecular weight excluding hydrogens is 270 g/mol. The van der Waals surface area contributed by atoms with E-state index in [0.29, 0.717) is 0 Å². The summed E-state index contributed by atoms with van der Waals surface area (Å²) < 4.78 is 10.3. The van der Waals surface area contributed by atoms with Crippen LogP contribution >= 0.6 is 0 Å². The Morgan fingerprint density at radius 1 is 1.25 bits per heavy atom. The first-order valence-corrected chi connectivity index (χ1v) is 6.41. The molecule has 20 heavy (non-hydrogen) atoms. The molecule has 1 rings (SSSR count). The Kier molecular flexibility index (Phi) is 7.00. The van der Waals surface area contributed by atoms with Crippen LogP contribution in [0.5, 0.6) is 0 Å². The molecule has 0 aromatic heterocycles. The highest BCUT2D eigenvalue weighted by molar-refractivity contribution is 4.92. The molecule has 118 valence electrons. The number of aliphatic hydroxyl groups is 5. The van der Waals surface area contributed by atoms with Crippen LogP contribution in [0.2, 0.25) is 0 Å². The van der Waals surface area contributed by atoms with Gasteiger partial charge in [-0.25, -0.2) is 0 Å². The fourth-order valence-electron chi connectivity index (χ4n) is 1.85. The van der Waals surface area contributed by atoms with E-state index < -0.39 is 49.5 Å². The van der Waals surface area contributed by atoms with Crippen LogP contribution in [0.4, 0.5) is 0 Å². The molecule has 1 fully saturated rings. The van der Waals surface area contributed by atoms with Gasteiger partial charge in [0.15, 0.2) is 6.29 Å². The minimum Gasteiger partial charge on any atom is -0.394 e. The topological polar surface area (TPSA) is 146 Å². The molecule has 0 saturated carbocycles. The summed E-state index contributed by atoms with van der Waals surface area (Å²) in [6.07, 6.45) is -4.47. The van der Waals surface area contributed by atoms with Crippen LogP contribution < -0.4 is 5.73 Å². The highest BCUT2D eigenvalue weighted by Gasteiger charge is 2.44. The number of nitrogens with two attached hydrogens (primary N) is 1. The van der Waals surface area contributed by atoms with Crippen LogP contribution in [0.25, 0.3) is 0 Å². The fourth-order valence-corrected chi connectivity index (χ4v) is 1.85. The van der Waals surface area contributed by atoms with Gasteiger partial charge in [0.1, 0.15) is 24.4 Å². The fraction of sp³-hybridized carbons (Fsp3) is 0.833. The van der Waals surface area contributed by atoms with Crippen molar-refractivity contribution in [3.05, 3.63) is 12.2 Å². The van der Waals surface area contributed by atoms with E-state index in [1.807, 2.05) is 0 Å². The van der Waals surface area contributed by atoms with Gasteiger partial charge in [-0.15, -0.1) is 0 Å². The van der Waals surface area contributed by atoms with Crippen molar-refractivity contribution in [1.82, 2.24) is 0 Å². The lowest BCUT2D eigenvalue weighted by Crippen LogP contribution is -2.59. The van der Waals surface area contributed by atoms with Gasteiger partial charge in [0.25, 0.3) is 0 Å². The molecule has 7 N–H and O–H groups in total. The molecule has 0 aromatic rings. The molecule has 5 unspecified atom stereocenters. The average molecular weight is 293 g/mol. The van der Waals surface area contributed by atoms with Crippen molar-refractivity contribution < 1.29 is 35.0 Å². The third-order valence-corrected chi connectivity index (χ3v) is 3.13. The van der Waals surface area contributed by atoms with Gasteiger partial charge >= 0.3 is 0 Å². The second kappa shape index (κ2) is 8.01. The molecular formula is C12H23NO7. The Morgan fingerprint density at radius 2 is 1.90 bits per heavy atom. The van der Waals surface area contributed by atoms with Gasteiger partial charge in [0.2, 0.25) is 0 Å². The SMILES string of the molecule is C/C=C/[C@@H](O)[C@@H](N)COC1OC(CO)C(O)C(O)C1O. The summed E-state index contributed by atoms with van der Waals surface area (Å²) in [5.74, 6) is 0. The van der Waals surface area contributed by atoms with Crippen LogP contribution in [-0.4, -0.2) is 81.6 Å². The minimum absolute atomic E-state index is 0.131. The Hall–Kier alpha value is -0.580. The third-order valence-electron chi connectivity index (χ3n) is 3.13. The smallest absolute Gasteiger partial charge is 0.186 e. The Balaban J connectivity index is 2.54. The van der Waals surface area contributed by atoms with Crippen molar-refractivity contribution in [3.63, 3.8) is 0 Å². The summed E-state index contributed by atoms with van der Waals surface area (Å²) in [5, 5.41) is 47.5. The predicted molar refractivity (Wildman–Crippen MR) is 68.5 cm³/mol. The largest absolute Gasteiger partial charge is 0.394 e. The van der Waals surface area contributed by atoms with Crippen molar-refractivity contribution in [3.8, 4) is 0 Å². The van der Waals surface area contributed by atoms with E-state index >= 15 is 0 Å². The normalized spacial score (nSPS) is 38.0. The van der Waals surface area contributed by atoms with Crippen molar-refractivity contribution >= 4 is 0 Å². The molecule has 1 aliphatic heterocycles. The van der Waals surface area contributed by atoms with E-state index in [1.54, 1.807) is 13.0 Å². The first kappa shape index (κ1) is 17.5. The van der Waals surface area contributed by atoms with Gasteiger partial charge < -0.3 is 40.7 Å². The molecule has 0 amide bonds. The summed E-state index contributed by atoms with van der Waals surface area (Å²) in [6.45, 7) is 1.07. The number of hydrogen-bond donors (Lipinski definition) is 6. The summed E-state index contributed by atoms with van der Waals surface area (Å²) in [7, 11) is 0. The Labute approximate surface area is 117 Å². The van der Waals surface area contributed by atoms with Crippen molar-refractivity contribution in [2.45, 2.75) is 49.8 Å². The van der Waals surface area contributed by atoms with Crippen molar-refractivity contribution in [1.29, 1.82) is 0 Å². The summed E-state index contributed by atoms with van der Waals surface area (Å²) >= 11 is 0. The van der Waals surface area contributed by atoms with E-state index in [2.05, 4.69) is 0 Å². The standard InChI is InChI=1S/C12H23NO7/c1-2-3-7(15)6(13)5-19-12-11(18)10(17)9(16)8(4-14)20-12/h2-3,6-12,14-18H,4-5,13H2,1H3/b3-2+/t6-,7+,8?,9?,10?,11?,12?/m0/s1. The van der Waals surface area contributed by atoms with Gasteiger partial charge in [-0.2, -0.15) is 0 Å². The summed E-state index contributed by atoms with van der Waals surface area (Å²) in [5.41, 5.74) is 5.67. The molecule has 8 nitrogen and oxygen atoms in total. The molecule has 0 aliphatic carbocycles. The zero-order chi connectivity index (χ0) is 15.3. The summed E-state index contributed by atoms with van der Waals surface area (Å²) in [6, 6.07) is -0.737. The van der Waals surface area contributed by atoms with Crippen molar-refractivity contribution in [2.24, 2.45) is 5.73 Å². The van der Waals surface area contributed by atoms with Crippen LogP contribution in [0, 0.1) is 0 Å². The van der Waals surface area contributed by atoms with Gasteiger partial charge in [-0.05, 0) is 6.92 Å². The molecule has 0 aromatic carbocycles. The molecule has 0 spiro atoms. The van der Waals surface area contributed by atoms with E-state index in [1.165, 1.54) is 6.08 Å². The Bertz CT molecular complexity index is 312. The Morgan fingerprint density at radius 3 is 2.45 bits per heavy atom. The van der Waals surface area contributed by atoms with Gasteiger partial charge in [-0.1, -0.05) is 12.2 Å². The second-order valence-corrected chi connectivity index (χ2v) is 4.71. The molecule has 0 bridgehead atoms.